The van der Waals surface area contributed by atoms with Gasteiger partial charge in [-0.05, 0) is 37.6 Å². The number of nitrogens with one attached hydrogen (secondary N) is 2. The first-order chi connectivity index (χ1) is 16.3. The zero-order valence-electron chi connectivity index (χ0n) is 18.6. The molecule has 12 heteroatoms. The monoisotopic (exact) mass is 466 g/mol. The third-order valence-electron chi connectivity index (χ3n) is 5.28. The number of phenolic OH excluding ortho intramolecular Hbond substituents is 1. The number of phenols is 1. The van der Waals surface area contributed by atoms with Crippen LogP contribution in [0, 0.1) is 10.1 Å². The highest BCUT2D eigenvalue weighted by molar-refractivity contribution is 6.06. The largest absolute Gasteiger partial charge is 0.500 e. The van der Waals surface area contributed by atoms with Crippen molar-refractivity contribution < 1.29 is 24.3 Å². The average molecular weight is 466 g/mol. The molecule has 3 aromatic rings. The maximum atomic E-state index is 13.5. The number of fused-ring (bicyclic) bond motifs is 1. The second-order valence-electron chi connectivity index (χ2n) is 7.33. The molecule has 0 saturated heterocycles. The van der Waals surface area contributed by atoms with Gasteiger partial charge < -0.3 is 25.2 Å². The fourth-order valence-corrected chi connectivity index (χ4v) is 3.80. The summed E-state index contributed by atoms with van der Waals surface area (Å²) in [4.78, 5) is 28.6. The van der Waals surface area contributed by atoms with Crippen LogP contribution in [-0.4, -0.2) is 44.4 Å². The number of carbonyl (C=O) groups is 1. The van der Waals surface area contributed by atoms with Crippen LogP contribution >= 0.6 is 0 Å². The van der Waals surface area contributed by atoms with Crippen molar-refractivity contribution in [2.75, 3.05) is 24.4 Å². The number of methoxy groups -OCH3 is 1. The van der Waals surface area contributed by atoms with Crippen LogP contribution < -0.4 is 20.1 Å². The topological polar surface area (TPSA) is 154 Å². The van der Waals surface area contributed by atoms with Crippen molar-refractivity contribution in [3.05, 3.63) is 69.7 Å². The molecule has 34 heavy (non-hydrogen) atoms. The molecule has 1 aliphatic heterocycles. The highest BCUT2D eigenvalue weighted by Crippen LogP contribution is 2.43. The molecule has 0 bridgehead atoms. The van der Waals surface area contributed by atoms with Crippen molar-refractivity contribution in [1.29, 1.82) is 0 Å². The number of nitro benzene ring substituents is 1. The molecular formula is C22H22N6O6. The summed E-state index contributed by atoms with van der Waals surface area (Å²) < 4.78 is 12.2. The third kappa shape index (κ3) is 3.96. The fraction of sp³-hybridized carbons (Fsp3) is 0.227. The second-order valence-corrected chi connectivity index (χ2v) is 7.33. The Balaban J connectivity index is 1.83. The van der Waals surface area contributed by atoms with E-state index < -0.39 is 28.3 Å². The summed E-state index contributed by atoms with van der Waals surface area (Å²) in [7, 11) is 1.28. The van der Waals surface area contributed by atoms with Crippen molar-refractivity contribution in [2.45, 2.75) is 19.9 Å². The van der Waals surface area contributed by atoms with Crippen molar-refractivity contribution in [3.63, 3.8) is 0 Å². The van der Waals surface area contributed by atoms with Crippen LogP contribution in [0.15, 0.2) is 54.0 Å². The van der Waals surface area contributed by atoms with Crippen molar-refractivity contribution in [2.24, 2.45) is 0 Å². The predicted molar refractivity (Wildman–Crippen MR) is 122 cm³/mol. The van der Waals surface area contributed by atoms with Crippen LogP contribution in [-0.2, 0) is 4.79 Å². The minimum atomic E-state index is -0.897. The molecule has 0 radical (unpaired) electrons. The molecule has 1 aromatic heterocycles. The van der Waals surface area contributed by atoms with Crippen LogP contribution in [0.5, 0.6) is 17.2 Å². The molecule has 4 rings (SSSR count). The van der Waals surface area contributed by atoms with E-state index in [2.05, 4.69) is 20.7 Å². The Morgan fingerprint density at radius 2 is 2.09 bits per heavy atom. The van der Waals surface area contributed by atoms with E-state index in [9.17, 15) is 20.0 Å². The highest BCUT2D eigenvalue weighted by atomic mass is 16.6. The number of aromatic hydroxyl groups is 1. The molecule has 0 aliphatic carbocycles. The number of para-hydroxylation sites is 2. The van der Waals surface area contributed by atoms with E-state index in [1.54, 1.807) is 31.2 Å². The first-order valence-electron chi connectivity index (χ1n) is 10.3. The van der Waals surface area contributed by atoms with Gasteiger partial charge in [0.05, 0.1) is 29.9 Å². The Morgan fingerprint density at radius 3 is 2.79 bits per heavy atom. The lowest BCUT2D eigenvalue weighted by Crippen LogP contribution is -2.31. The van der Waals surface area contributed by atoms with Crippen LogP contribution in [0.4, 0.5) is 17.3 Å². The number of anilines is 2. The second kappa shape index (κ2) is 9.10. The van der Waals surface area contributed by atoms with Crippen molar-refractivity contribution in [3.8, 4) is 17.2 Å². The van der Waals surface area contributed by atoms with Gasteiger partial charge in [0.15, 0.2) is 5.75 Å². The Bertz CT molecular complexity index is 1300. The zero-order valence-corrected chi connectivity index (χ0v) is 18.6. The Hall–Kier alpha value is -4.61. The Labute approximate surface area is 194 Å². The standard InChI is InChI=1S/C22H22N6O6/c1-4-34-16-8-6-5-7-14(16)26-21(30)18-12(2)25-22-23-11-24-27(22)19(18)13-9-15(28(31)32)20(29)17(10-13)33-3/h5-11,19,29H,4H2,1-3H3,(H,26,30)(H,23,24,25). The van der Waals surface area contributed by atoms with Crippen LogP contribution in [0.25, 0.3) is 0 Å². The number of allylic oxidation sites excluding steroid dienone is 1. The van der Waals surface area contributed by atoms with Crippen molar-refractivity contribution >= 4 is 23.2 Å². The van der Waals surface area contributed by atoms with Gasteiger partial charge >= 0.3 is 5.69 Å². The molecule has 2 heterocycles. The minimum absolute atomic E-state index is 0.108. The van der Waals surface area contributed by atoms with Gasteiger partial charge in [0.2, 0.25) is 11.7 Å². The molecule has 1 atom stereocenters. The van der Waals surface area contributed by atoms with E-state index in [-0.39, 0.29) is 11.3 Å². The van der Waals surface area contributed by atoms with E-state index in [0.29, 0.717) is 35.3 Å². The summed E-state index contributed by atoms with van der Waals surface area (Å²) in [5, 5.41) is 31.9. The van der Waals surface area contributed by atoms with Gasteiger partial charge in [0.1, 0.15) is 18.1 Å². The zero-order chi connectivity index (χ0) is 24.4. The number of aromatic nitrogens is 3. The highest BCUT2D eigenvalue weighted by Gasteiger charge is 2.36. The molecule has 12 nitrogen and oxygen atoms in total. The maximum Gasteiger partial charge on any atom is 0.315 e. The lowest BCUT2D eigenvalue weighted by atomic mass is 9.94. The van der Waals surface area contributed by atoms with E-state index in [0.717, 1.165) is 0 Å². The first-order valence-corrected chi connectivity index (χ1v) is 10.3. The van der Waals surface area contributed by atoms with Gasteiger partial charge in [-0.25, -0.2) is 4.68 Å². The van der Waals surface area contributed by atoms with Gasteiger partial charge in [-0.3, -0.25) is 14.9 Å². The lowest BCUT2D eigenvalue weighted by Gasteiger charge is -2.29. The molecule has 0 fully saturated rings. The Morgan fingerprint density at radius 1 is 1.32 bits per heavy atom. The summed E-state index contributed by atoms with van der Waals surface area (Å²) in [6.07, 6.45) is 1.31. The quantitative estimate of drug-likeness (QED) is 0.352. The van der Waals surface area contributed by atoms with Gasteiger partial charge in [-0.1, -0.05) is 12.1 Å². The maximum absolute atomic E-state index is 13.5. The van der Waals surface area contributed by atoms with E-state index in [1.807, 2.05) is 6.92 Å². The van der Waals surface area contributed by atoms with Crippen LogP contribution in [0.2, 0.25) is 0 Å². The first kappa shape index (κ1) is 22.6. The van der Waals surface area contributed by atoms with Gasteiger partial charge in [-0.2, -0.15) is 10.1 Å². The summed E-state index contributed by atoms with van der Waals surface area (Å²) in [5.74, 6) is -0.341. The SMILES string of the molecule is CCOc1ccccc1NC(=O)C1=C(C)Nc2ncnn2C1c1cc(OC)c(O)c([N+](=O)[O-])c1. The van der Waals surface area contributed by atoms with Crippen LogP contribution in [0.3, 0.4) is 0 Å². The average Bonchev–Trinajstić information content (AvgIpc) is 3.27. The number of nitro groups is 1. The molecule has 1 aliphatic rings. The third-order valence-corrected chi connectivity index (χ3v) is 5.28. The van der Waals surface area contributed by atoms with Gasteiger partial charge in [0.25, 0.3) is 5.91 Å². The normalized spacial score (nSPS) is 14.7. The number of benzene rings is 2. The molecule has 0 spiro atoms. The van der Waals surface area contributed by atoms with Crippen molar-refractivity contribution in [1.82, 2.24) is 14.8 Å². The summed E-state index contributed by atoms with van der Waals surface area (Å²) >= 11 is 0. The summed E-state index contributed by atoms with van der Waals surface area (Å²) in [5.41, 5.74) is 0.927. The molecular weight excluding hydrogens is 444 g/mol. The number of amides is 1. The number of carbonyl (C=O) groups excluding carboxylic acids is 1. The lowest BCUT2D eigenvalue weighted by molar-refractivity contribution is -0.386. The fourth-order valence-electron chi connectivity index (χ4n) is 3.80. The molecule has 176 valence electrons. The molecule has 1 amide bonds. The summed E-state index contributed by atoms with van der Waals surface area (Å²) in [6.45, 7) is 3.95. The number of ether oxygens (including phenoxy) is 2. The van der Waals surface area contributed by atoms with E-state index in [1.165, 1.54) is 30.3 Å². The minimum Gasteiger partial charge on any atom is -0.500 e. The van der Waals surface area contributed by atoms with Gasteiger partial charge in [0, 0.05) is 11.8 Å². The molecule has 1 unspecified atom stereocenters. The number of hydrogen-bond acceptors (Lipinski definition) is 9. The molecule has 0 saturated carbocycles. The van der Waals surface area contributed by atoms with Gasteiger partial charge in [-0.15, -0.1) is 0 Å². The predicted octanol–water partition coefficient (Wildman–Crippen LogP) is 3.23. The smallest absolute Gasteiger partial charge is 0.315 e. The number of rotatable bonds is 7. The van der Waals surface area contributed by atoms with Crippen LogP contribution in [0.1, 0.15) is 25.5 Å². The molecule has 3 N–H and O–H groups in total. The van der Waals surface area contributed by atoms with E-state index >= 15 is 0 Å². The number of hydrogen-bond donors (Lipinski definition) is 3. The summed E-state index contributed by atoms with van der Waals surface area (Å²) in [6, 6.07) is 8.72. The van der Waals surface area contributed by atoms with E-state index in [4.69, 9.17) is 9.47 Å². The number of nitrogens with zero attached hydrogens (tertiary/aromatic N) is 4. The molecule has 2 aromatic carbocycles. The Kier molecular flexibility index (Phi) is 6.04.